The first-order valence-electron chi connectivity index (χ1n) is 15.8. The molecule has 10 nitrogen and oxygen atoms in total. The molecule has 11 heteroatoms. The lowest BCUT2D eigenvalue weighted by Gasteiger charge is -2.32. The summed E-state index contributed by atoms with van der Waals surface area (Å²) in [5.74, 6) is -0.984. The Morgan fingerprint density at radius 1 is 1.04 bits per heavy atom. The predicted molar refractivity (Wildman–Crippen MR) is 179 cm³/mol. The van der Waals surface area contributed by atoms with Gasteiger partial charge in [-0.15, -0.1) is 0 Å². The van der Waals surface area contributed by atoms with E-state index >= 15 is 0 Å². The van der Waals surface area contributed by atoms with E-state index in [1.54, 1.807) is 27.0 Å². The first-order valence-corrected chi connectivity index (χ1v) is 19.5. The average Bonchev–Trinajstić information content (AvgIpc) is 3.36. The lowest BCUT2D eigenvalue weighted by Crippen LogP contribution is -2.49. The van der Waals surface area contributed by atoms with Crippen LogP contribution in [0.4, 0.5) is 10.5 Å². The van der Waals surface area contributed by atoms with Gasteiger partial charge in [0.2, 0.25) is 5.91 Å². The van der Waals surface area contributed by atoms with E-state index in [0.29, 0.717) is 44.7 Å². The summed E-state index contributed by atoms with van der Waals surface area (Å²) in [6, 6.07) is 14.2. The van der Waals surface area contributed by atoms with E-state index in [2.05, 4.69) is 58.0 Å². The summed E-state index contributed by atoms with van der Waals surface area (Å²) in [7, 11) is 0.0688. The number of carbonyl (C=O) groups excluding carboxylic acids is 3. The van der Waals surface area contributed by atoms with Gasteiger partial charge < -0.3 is 29.4 Å². The van der Waals surface area contributed by atoms with Crippen LogP contribution in [0.2, 0.25) is 25.7 Å². The van der Waals surface area contributed by atoms with Crippen LogP contribution in [0.3, 0.4) is 0 Å². The molecule has 0 aliphatic heterocycles. The third-order valence-corrected chi connectivity index (χ3v) is 9.79. The van der Waals surface area contributed by atoms with Crippen molar-refractivity contribution in [2.24, 2.45) is 11.8 Å². The van der Waals surface area contributed by atoms with Gasteiger partial charge in [0.25, 0.3) is 0 Å². The summed E-state index contributed by atoms with van der Waals surface area (Å²) in [4.78, 5) is 43.2. The minimum Gasteiger partial charge on any atom is -0.467 e. The smallest absolute Gasteiger partial charge is 0.408 e. The van der Waals surface area contributed by atoms with Crippen molar-refractivity contribution in [3.05, 3.63) is 48.7 Å². The molecular weight excluding hydrogens is 588 g/mol. The van der Waals surface area contributed by atoms with Crippen molar-refractivity contribution >= 4 is 42.8 Å². The van der Waals surface area contributed by atoms with Crippen LogP contribution in [0.5, 0.6) is 0 Å². The number of carbonyl (C=O) groups is 3. The SMILES string of the molecule is COC(=O)[C@H](NC(=O)OC(C)(C)C)C1CCC(C(=O)Nc2ccnc3c2cc(-c2ccccc2)n3COCC[Si](C)(C)C)CC1. The molecule has 2 heterocycles. The van der Waals surface area contributed by atoms with Gasteiger partial charge in [0.15, 0.2) is 0 Å². The highest BCUT2D eigenvalue weighted by Gasteiger charge is 2.37. The van der Waals surface area contributed by atoms with Crippen LogP contribution >= 0.6 is 0 Å². The van der Waals surface area contributed by atoms with Crippen molar-refractivity contribution in [1.29, 1.82) is 0 Å². The Bertz CT molecular complexity index is 1470. The van der Waals surface area contributed by atoms with E-state index in [9.17, 15) is 14.4 Å². The van der Waals surface area contributed by atoms with Gasteiger partial charge in [-0.05, 0) is 76.1 Å². The van der Waals surface area contributed by atoms with Gasteiger partial charge >= 0.3 is 12.1 Å². The number of nitrogens with one attached hydrogen (secondary N) is 2. The second-order valence-electron chi connectivity index (χ2n) is 14.0. The number of nitrogens with zero attached hydrogens (tertiary/aromatic N) is 2. The summed E-state index contributed by atoms with van der Waals surface area (Å²) < 4.78 is 18.6. The highest BCUT2D eigenvalue weighted by atomic mass is 28.3. The molecule has 0 spiro atoms. The van der Waals surface area contributed by atoms with E-state index in [-0.39, 0.29) is 17.7 Å². The van der Waals surface area contributed by atoms with Crippen LogP contribution in [-0.4, -0.2) is 61.0 Å². The number of esters is 1. The Morgan fingerprint density at radius 2 is 1.73 bits per heavy atom. The third-order valence-electron chi connectivity index (χ3n) is 8.08. The Balaban J connectivity index is 1.47. The van der Waals surface area contributed by atoms with E-state index in [4.69, 9.17) is 14.2 Å². The highest BCUT2D eigenvalue weighted by Crippen LogP contribution is 2.35. The molecule has 45 heavy (non-hydrogen) atoms. The quantitative estimate of drug-likeness (QED) is 0.135. The van der Waals surface area contributed by atoms with Gasteiger partial charge in [0.1, 0.15) is 24.0 Å². The van der Waals surface area contributed by atoms with Gasteiger partial charge in [0, 0.05) is 32.2 Å². The molecule has 3 aromatic rings. The van der Waals surface area contributed by atoms with Gasteiger partial charge in [-0.1, -0.05) is 50.0 Å². The maximum Gasteiger partial charge on any atom is 0.408 e. The van der Waals surface area contributed by atoms with Crippen LogP contribution in [0, 0.1) is 11.8 Å². The molecule has 2 N–H and O–H groups in total. The Morgan fingerprint density at radius 3 is 2.36 bits per heavy atom. The minimum absolute atomic E-state index is 0.0731. The molecule has 0 saturated heterocycles. The predicted octanol–water partition coefficient (Wildman–Crippen LogP) is 6.83. The number of methoxy groups -OCH3 is 1. The molecule has 0 bridgehead atoms. The van der Waals surface area contributed by atoms with Crippen LogP contribution in [0.25, 0.3) is 22.3 Å². The summed E-state index contributed by atoms with van der Waals surface area (Å²) >= 11 is 0. The number of ether oxygens (including phenoxy) is 3. The zero-order valence-corrected chi connectivity index (χ0v) is 28.6. The Hall–Kier alpha value is -3.70. The maximum atomic E-state index is 13.5. The van der Waals surface area contributed by atoms with Crippen molar-refractivity contribution in [2.45, 2.75) is 90.5 Å². The number of alkyl carbamates (subject to hydrolysis) is 1. The number of anilines is 1. The van der Waals surface area contributed by atoms with Crippen LogP contribution in [0.1, 0.15) is 46.5 Å². The van der Waals surface area contributed by atoms with Crippen molar-refractivity contribution < 1.29 is 28.6 Å². The first kappa shape index (κ1) is 34.2. The number of fused-ring (bicyclic) bond motifs is 1. The second kappa shape index (κ2) is 14.6. The minimum atomic E-state index is -1.23. The van der Waals surface area contributed by atoms with Crippen molar-refractivity contribution in [3.63, 3.8) is 0 Å². The molecule has 244 valence electrons. The molecule has 1 aliphatic rings. The molecule has 1 saturated carbocycles. The van der Waals surface area contributed by atoms with Crippen LogP contribution in [-0.2, 0) is 30.5 Å². The molecule has 0 unspecified atom stereocenters. The number of amides is 2. The number of rotatable bonds is 11. The Kier molecular flexibility index (Phi) is 11.1. The zero-order valence-electron chi connectivity index (χ0n) is 27.6. The molecule has 1 atom stereocenters. The van der Waals surface area contributed by atoms with Crippen molar-refractivity contribution in [3.8, 4) is 11.3 Å². The first-order chi connectivity index (χ1) is 21.3. The van der Waals surface area contributed by atoms with E-state index < -0.39 is 31.8 Å². The monoisotopic (exact) mass is 636 g/mol. The molecular formula is C34H48N4O6Si. The number of pyridine rings is 1. The molecule has 1 aliphatic carbocycles. The number of aromatic nitrogens is 2. The molecule has 2 amide bonds. The van der Waals surface area contributed by atoms with Gasteiger partial charge in [0.05, 0.1) is 18.5 Å². The lowest BCUT2D eigenvalue weighted by molar-refractivity contribution is -0.145. The number of benzene rings is 1. The highest BCUT2D eigenvalue weighted by molar-refractivity contribution is 6.76. The molecule has 2 aromatic heterocycles. The summed E-state index contributed by atoms with van der Waals surface area (Å²) in [6.07, 6.45) is 3.38. The largest absolute Gasteiger partial charge is 0.467 e. The van der Waals surface area contributed by atoms with Crippen molar-refractivity contribution in [2.75, 3.05) is 19.0 Å². The summed E-state index contributed by atoms with van der Waals surface area (Å²) in [5.41, 5.74) is 2.77. The molecule has 1 fully saturated rings. The van der Waals surface area contributed by atoms with Gasteiger partial charge in [-0.3, -0.25) is 4.79 Å². The summed E-state index contributed by atoms with van der Waals surface area (Å²) in [5, 5.41) is 6.70. The topological polar surface area (TPSA) is 121 Å². The molecule has 4 rings (SSSR count). The van der Waals surface area contributed by atoms with Crippen LogP contribution in [0.15, 0.2) is 48.7 Å². The standard InChI is InChI=1S/C34H48N4O6Si/c1-34(2,3)44-33(41)37-29(32(40)42-4)24-13-15-25(16-14-24)31(39)36-27-17-18-35-30-26(27)21-28(23-11-9-8-10-12-23)38(30)22-43-19-20-45(5,6)7/h8-12,17-18,21,24-25,29H,13-16,19-20,22H2,1-7H3,(H,37,41)(H,35,36,39)/t24?,25?,29-/m1/s1. The van der Waals surface area contributed by atoms with Crippen LogP contribution < -0.4 is 10.6 Å². The van der Waals surface area contributed by atoms with Crippen molar-refractivity contribution in [1.82, 2.24) is 14.9 Å². The number of hydrogen-bond acceptors (Lipinski definition) is 7. The average molecular weight is 637 g/mol. The Labute approximate surface area is 267 Å². The fourth-order valence-corrected chi connectivity index (χ4v) is 6.41. The zero-order chi connectivity index (χ0) is 32.8. The second-order valence-corrected chi connectivity index (χ2v) is 19.6. The number of hydrogen-bond donors (Lipinski definition) is 2. The van der Waals surface area contributed by atoms with E-state index in [1.165, 1.54) is 7.11 Å². The van der Waals surface area contributed by atoms with Gasteiger partial charge in [-0.2, -0.15) is 0 Å². The maximum absolute atomic E-state index is 13.5. The third kappa shape index (κ3) is 9.40. The molecule has 1 aromatic carbocycles. The van der Waals surface area contributed by atoms with E-state index in [0.717, 1.165) is 28.3 Å². The van der Waals surface area contributed by atoms with E-state index in [1.807, 2.05) is 24.3 Å². The lowest BCUT2D eigenvalue weighted by atomic mass is 9.78. The fourth-order valence-electron chi connectivity index (χ4n) is 5.65. The summed E-state index contributed by atoms with van der Waals surface area (Å²) in [6.45, 7) is 13.3. The van der Waals surface area contributed by atoms with Gasteiger partial charge in [-0.25, -0.2) is 14.6 Å². The normalized spacial score (nSPS) is 17.8. The molecule has 0 radical (unpaired) electrons. The fraction of sp³-hybridized carbons (Fsp3) is 0.529.